The highest BCUT2D eigenvalue weighted by Gasteiger charge is 2.32. The van der Waals surface area contributed by atoms with Crippen LogP contribution in [0.4, 0.5) is 13.2 Å². The average molecular weight is 338 g/mol. The second-order valence-electron chi connectivity index (χ2n) is 5.95. The second-order valence-corrected chi connectivity index (χ2v) is 5.95. The molecule has 0 spiro atoms. The number of benzene rings is 1. The van der Waals surface area contributed by atoms with Gasteiger partial charge in [0.2, 0.25) is 0 Å². The Kier molecular flexibility index (Phi) is 7.72. The van der Waals surface area contributed by atoms with E-state index in [0.29, 0.717) is 5.56 Å². The molecule has 0 saturated heterocycles. The lowest BCUT2D eigenvalue weighted by Gasteiger charge is -2.31. The lowest BCUT2D eigenvalue weighted by molar-refractivity contribution is -0.137. The number of rotatable bonds is 4. The summed E-state index contributed by atoms with van der Waals surface area (Å²) >= 11 is 0. The van der Waals surface area contributed by atoms with Gasteiger partial charge in [0.15, 0.2) is 0 Å². The summed E-state index contributed by atoms with van der Waals surface area (Å²) in [4.78, 5) is 0. The molecule has 0 bridgehead atoms. The van der Waals surface area contributed by atoms with Crippen molar-refractivity contribution in [1.29, 1.82) is 0 Å². The summed E-state index contributed by atoms with van der Waals surface area (Å²) in [7, 11) is -1.92. The van der Waals surface area contributed by atoms with Gasteiger partial charge in [-0.1, -0.05) is 12.1 Å². The van der Waals surface area contributed by atoms with Crippen LogP contribution in [-0.4, -0.2) is 38.8 Å². The van der Waals surface area contributed by atoms with Gasteiger partial charge in [0, 0.05) is 0 Å². The monoisotopic (exact) mass is 338 g/mol. The molecule has 1 aromatic rings. The largest absolute Gasteiger partial charge is 0.634 e. The standard InChI is InChI=1S/C8H8BF3O3.C6H14O2/c10-8(11,12)7-3-1-6(2-4-7)5-15-9(13)14;1-5(2,7)6(3,4)8/h1-4,13-14H,5H2;7-8H,1-4H3. The smallest absolute Gasteiger partial charge is 0.402 e. The zero-order chi connectivity index (χ0) is 18.5. The number of hydrogen-bond donors (Lipinski definition) is 4. The van der Waals surface area contributed by atoms with E-state index in [1.165, 1.54) is 12.1 Å². The van der Waals surface area contributed by atoms with Crippen molar-refractivity contribution >= 4 is 7.32 Å². The van der Waals surface area contributed by atoms with Crippen LogP contribution in [0, 0.1) is 0 Å². The first kappa shape index (κ1) is 21.9. The van der Waals surface area contributed by atoms with Crippen LogP contribution < -0.4 is 0 Å². The maximum Gasteiger partial charge on any atom is 0.634 e. The zero-order valence-corrected chi connectivity index (χ0v) is 13.4. The minimum absolute atomic E-state index is 0.157. The van der Waals surface area contributed by atoms with Crippen LogP contribution in [0.5, 0.6) is 0 Å². The molecule has 0 aromatic heterocycles. The van der Waals surface area contributed by atoms with Gasteiger partial charge in [-0.2, -0.15) is 13.2 Å². The highest BCUT2D eigenvalue weighted by molar-refractivity contribution is 6.32. The highest BCUT2D eigenvalue weighted by atomic mass is 19.4. The minimum Gasteiger partial charge on any atom is -0.402 e. The molecule has 23 heavy (non-hydrogen) atoms. The Morgan fingerprint density at radius 1 is 0.913 bits per heavy atom. The van der Waals surface area contributed by atoms with Gasteiger partial charge >= 0.3 is 13.5 Å². The molecule has 0 unspecified atom stereocenters. The fourth-order valence-electron chi connectivity index (χ4n) is 0.961. The van der Waals surface area contributed by atoms with Gasteiger partial charge in [-0.3, -0.25) is 0 Å². The van der Waals surface area contributed by atoms with Crippen molar-refractivity contribution in [2.45, 2.75) is 51.7 Å². The molecule has 1 aromatic carbocycles. The summed E-state index contributed by atoms with van der Waals surface area (Å²) in [5.74, 6) is 0. The first-order valence-corrected chi connectivity index (χ1v) is 6.73. The predicted octanol–water partition coefficient (Wildman–Crippen LogP) is 1.72. The molecule has 0 amide bonds. The van der Waals surface area contributed by atoms with E-state index in [2.05, 4.69) is 4.65 Å². The number of hydrogen-bond acceptors (Lipinski definition) is 5. The molecule has 0 heterocycles. The third kappa shape index (κ3) is 8.92. The Balaban J connectivity index is 0.000000515. The summed E-state index contributed by atoms with van der Waals surface area (Å²) in [5, 5.41) is 34.9. The minimum atomic E-state index is -4.37. The molecule has 0 saturated carbocycles. The van der Waals surface area contributed by atoms with Crippen molar-refractivity contribution < 1.29 is 38.1 Å². The van der Waals surface area contributed by atoms with Crippen LogP contribution in [0.3, 0.4) is 0 Å². The van der Waals surface area contributed by atoms with Crippen LogP contribution in [0.25, 0.3) is 0 Å². The fraction of sp³-hybridized carbons (Fsp3) is 0.571. The number of aliphatic hydroxyl groups is 2. The van der Waals surface area contributed by atoms with Gasteiger partial charge < -0.3 is 24.9 Å². The van der Waals surface area contributed by atoms with Gasteiger partial charge in [0.25, 0.3) is 0 Å². The van der Waals surface area contributed by atoms with Crippen LogP contribution in [-0.2, 0) is 17.4 Å². The van der Waals surface area contributed by atoms with Crippen molar-refractivity contribution in [2.75, 3.05) is 0 Å². The molecule has 0 fully saturated rings. The summed E-state index contributed by atoms with van der Waals surface area (Å²) in [6.45, 7) is 6.15. The average Bonchev–Trinajstić information content (AvgIpc) is 2.34. The van der Waals surface area contributed by atoms with Crippen LogP contribution in [0.2, 0.25) is 0 Å². The molecule has 0 radical (unpaired) electrons. The molecule has 4 N–H and O–H groups in total. The Morgan fingerprint density at radius 2 is 1.30 bits per heavy atom. The van der Waals surface area contributed by atoms with Crippen molar-refractivity contribution in [1.82, 2.24) is 0 Å². The molecular formula is C14H22BF3O5. The molecule has 0 aliphatic rings. The molecule has 0 aliphatic carbocycles. The quantitative estimate of drug-likeness (QED) is 0.628. The summed E-state index contributed by atoms with van der Waals surface area (Å²) in [5.41, 5.74) is -2.34. The van der Waals surface area contributed by atoms with E-state index in [1.807, 2.05) is 0 Å². The Labute approximate surface area is 133 Å². The van der Waals surface area contributed by atoms with Crippen molar-refractivity contribution in [2.24, 2.45) is 0 Å². The molecule has 9 heteroatoms. The number of alkyl halides is 3. The van der Waals surface area contributed by atoms with Crippen LogP contribution in [0.15, 0.2) is 24.3 Å². The van der Waals surface area contributed by atoms with E-state index in [0.717, 1.165) is 12.1 Å². The van der Waals surface area contributed by atoms with E-state index in [9.17, 15) is 13.2 Å². The molecule has 0 atom stereocenters. The highest BCUT2D eigenvalue weighted by Crippen LogP contribution is 2.29. The summed E-state index contributed by atoms with van der Waals surface area (Å²) in [6.07, 6.45) is -4.37. The first-order chi connectivity index (χ1) is 10.1. The third-order valence-electron chi connectivity index (χ3n) is 3.18. The molecule has 5 nitrogen and oxygen atoms in total. The SMILES string of the molecule is CC(C)(O)C(C)(C)O.OB(O)OCc1ccc(C(F)(F)F)cc1. The lowest BCUT2D eigenvalue weighted by atomic mass is 9.90. The molecule has 0 aliphatic heterocycles. The topological polar surface area (TPSA) is 90.2 Å². The maximum atomic E-state index is 12.1. The van der Waals surface area contributed by atoms with Gasteiger partial charge in [0.1, 0.15) is 0 Å². The van der Waals surface area contributed by atoms with E-state index in [1.54, 1.807) is 27.7 Å². The summed E-state index contributed by atoms with van der Waals surface area (Å²) < 4.78 is 40.8. The van der Waals surface area contributed by atoms with E-state index in [-0.39, 0.29) is 6.61 Å². The zero-order valence-electron chi connectivity index (χ0n) is 13.4. The van der Waals surface area contributed by atoms with Crippen molar-refractivity contribution in [3.63, 3.8) is 0 Å². The molecular weight excluding hydrogens is 316 g/mol. The third-order valence-corrected chi connectivity index (χ3v) is 3.18. The second kappa shape index (κ2) is 8.12. The van der Waals surface area contributed by atoms with Gasteiger partial charge in [-0.25, -0.2) is 0 Å². The first-order valence-electron chi connectivity index (χ1n) is 6.73. The van der Waals surface area contributed by atoms with Crippen LogP contribution in [0.1, 0.15) is 38.8 Å². The Hall–Kier alpha value is -1.13. The van der Waals surface area contributed by atoms with Gasteiger partial charge in [-0.15, -0.1) is 0 Å². The summed E-state index contributed by atoms with van der Waals surface area (Å²) in [6, 6.07) is 4.24. The van der Waals surface area contributed by atoms with Gasteiger partial charge in [-0.05, 0) is 45.4 Å². The van der Waals surface area contributed by atoms with Crippen molar-refractivity contribution in [3.8, 4) is 0 Å². The number of halogens is 3. The normalized spacial score (nSPS) is 12.5. The van der Waals surface area contributed by atoms with E-state index < -0.39 is 30.3 Å². The fourth-order valence-corrected chi connectivity index (χ4v) is 0.961. The maximum absolute atomic E-state index is 12.1. The molecule has 132 valence electrons. The van der Waals surface area contributed by atoms with Crippen molar-refractivity contribution in [3.05, 3.63) is 35.4 Å². The van der Waals surface area contributed by atoms with Gasteiger partial charge in [0.05, 0.1) is 23.4 Å². The molecule has 1 rings (SSSR count). The van der Waals surface area contributed by atoms with E-state index >= 15 is 0 Å². The Bertz CT molecular complexity index is 449. The Morgan fingerprint density at radius 3 is 1.57 bits per heavy atom. The predicted molar refractivity (Wildman–Crippen MR) is 79.0 cm³/mol. The lowest BCUT2D eigenvalue weighted by Crippen LogP contribution is -2.44. The van der Waals surface area contributed by atoms with Crippen LogP contribution >= 0.6 is 0 Å². The van der Waals surface area contributed by atoms with E-state index in [4.69, 9.17) is 20.3 Å².